The Kier molecular flexibility index (Phi) is 3.44. The first-order chi connectivity index (χ1) is 8.75. The maximum absolute atomic E-state index is 3.48. The highest BCUT2D eigenvalue weighted by molar-refractivity contribution is 5.28. The number of aromatic nitrogens is 1. The fraction of sp³-hybridized carbons (Fsp3) is 0.733. The van der Waals surface area contributed by atoms with E-state index in [0.29, 0.717) is 0 Å². The first kappa shape index (κ1) is 12.2. The molecule has 0 radical (unpaired) electrons. The van der Waals surface area contributed by atoms with Crippen LogP contribution in [0.4, 0.5) is 0 Å². The van der Waals surface area contributed by atoms with Gasteiger partial charge < -0.3 is 9.88 Å². The van der Waals surface area contributed by atoms with Crippen molar-refractivity contribution in [3.05, 3.63) is 23.0 Å². The zero-order chi connectivity index (χ0) is 12.5. The fourth-order valence-corrected chi connectivity index (χ4v) is 3.20. The number of nitrogens with one attached hydrogen (secondary N) is 1. The van der Waals surface area contributed by atoms with E-state index < -0.39 is 0 Å². The molecule has 100 valence electrons. The van der Waals surface area contributed by atoms with Gasteiger partial charge in [0.05, 0.1) is 0 Å². The summed E-state index contributed by atoms with van der Waals surface area (Å²) in [6.45, 7) is 10.4. The van der Waals surface area contributed by atoms with Crippen LogP contribution in [0.15, 0.2) is 6.07 Å². The van der Waals surface area contributed by atoms with E-state index in [1.54, 1.807) is 5.56 Å². The molecular weight excluding hydrogens is 222 g/mol. The summed E-state index contributed by atoms with van der Waals surface area (Å²) in [6.07, 6.45) is 4.04. The molecule has 0 bridgehead atoms. The van der Waals surface area contributed by atoms with E-state index in [9.17, 15) is 0 Å². The van der Waals surface area contributed by atoms with Gasteiger partial charge in [0.15, 0.2) is 0 Å². The first-order valence-corrected chi connectivity index (χ1v) is 7.36. The van der Waals surface area contributed by atoms with Crippen LogP contribution in [0.1, 0.15) is 42.3 Å². The molecule has 0 spiro atoms. The second-order valence-corrected chi connectivity index (χ2v) is 5.88. The number of rotatable bonds is 3. The Morgan fingerprint density at radius 2 is 2.06 bits per heavy atom. The minimum Gasteiger partial charge on any atom is -0.346 e. The summed E-state index contributed by atoms with van der Waals surface area (Å²) >= 11 is 0. The molecule has 2 fully saturated rings. The Labute approximate surface area is 110 Å². The third kappa shape index (κ3) is 2.47. The predicted molar refractivity (Wildman–Crippen MR) is 74.9 cm³/mol. The summed E-state index contributed by atoms with van der Waals surface area (Å²) < 4.78 is 2.56. The third-order valence-electron chi connectivity index (χ3n) is 4.33. The van der Waals surface area contributed by atoms with Crippen molar-refractivity contribution in [3.63, 3.8) is 0 Å². The number of hydrogen-bond donors (Lipinski definition) is 1. The van der Waals surface area contributed by atoms with Crippen molar-refractivity contribution < 1.29 is 0 Å². The molecule has 18 heavy (non-hydrogen) atoms. The standard InChI is InChI=1S/C15H25N3/c1-12-10-14(13(2)18(12)15-4-5-15)11-17-8-3-6-16-7-9-17/h10,15-16H,3-9,11H2,1-2H3. The quantitative estimate of drug-likeness (QED) is 0.884. The van der Waals surface area contributed by atoms with E-state index in [-0.39, 0.29) is 0 Å². The van der Waals surface area contributed by atoms with E-state index in [4.69, 9.17) is 0 Å². The van der Waals surface area contributed by atoms with Gasteiger partial charge in [0, 0.05) is 37.1 Å². The van der Waals surface area contributed by atoms with E-state index >= 15 is 0 Å². The average molecular weight is 247 g/mol. The molecule has 1 aliphatic carbocycles. The fourth-order valence-electron chi connectivity index (χ4n) is 3.20. The molecule has 2 heterocycles. The van der Waals surface area contributed by atoms with Crippen LogP contribution in [0, 0.1) is 13.8 Å². The SMILES string of the molecule is Cc1cc(CN2CCCNCC2)c(C)n1C1CC1. The van der Waals surface area contributed by atoms with Crippen molar-refractivity contribution in [1.29, 1.82) is 0 Å². The molecule has 1 aromatic rings. The van der Waals surface area contributed by atoms with Gasteiger partial charge in [-0.05, 0) is 57.8 Å². The molecule has 0 aromatic carbocycles. The Balaban J connectivity index is 1.73. The smallest absolute Gasteiger partial charge is 0.0337 e. The molecule has 1 saturated carbocycles. The molecule has 0 amide bonds. The predicted octanol–water partition coefficient (Wildman–Crippen LogP) is 2.24. The summed E-state index contributed by atoms with van der Waals surface area (Å²) in [5, 5.41) is 3.48. The molecule has 3 heteroatoms. The zero-order valence-electron chi connectivity index (χ0n) is 11.7. The van der Waals surface area contributed by atoms with Crippen molar-refractivity contribution in [1.82, 2.24) is 14.8 Å². The lowest BCUT2D eigenvalue weighted by atomic mass is 10.2. The Morgan fingerprint density at radius 1 is 1.22 bits per heavy atom. The molecule has 1 N–H and O–H groups in total. The maximum atomic E-state index is 3.48. The highest BCUT2D eigenvalue weighted by Gasteiger charge is 2.27. The lowest BCUT2D eigenvalue weighted by Crippen LogP contribution is -2.27. The largest absolute Gasteiger partial charge is 0.346 e. The third-order valence-corrected chi connectivity index (χ3v) is 4.33. The number of hydrogen-bond acceptors (Lipinski definition) is 2. The zero-order valence-corrected chi connectivity index (χ0v) is 11.7. The highest BCUT2D eigenvalue weighted by Crippen LogP contribution is 2.38. The molecule has 0 unspecified atom stereocenters. The van der Waals surface area contributed by atoms with Gasteiger partial charge in [-0.1, -0.05) is 0 Å². The minimum atomic E-state index is 0.810. The van der Waals surface area contributed by atoms with Crippen molar-refractivity contribution in [2.45, 2.75) is 45.7 Å². The summed E-state index contributed by atoms with van der Waals surface area (Å²) in [5.74, 6) is 0. The van der Waals surface area contributed by atoms with Gasteiger partial charge in [-0.3, -0.25) is 4.90 Å². The molecule has 3 rings (SSSR count). The summed E-state index contributed by atoms with van der Waals surface area (Å²) in [7, 11) is 0. The van der Waals surface area contributed by atoms with Crippen molar-refractivity contribution in [3.8, 4) is 0 Å². The van der Waals surface area contributed by atoms with E-state index in [0.717, 1.165) is 19.1 Å². The molecule has 1 saturated heterocycles. The normalized spacial score (nSPS) is 22.1. The van der Waals surface area contributed by atoms with Gasteiger partial charge in [0.2, 0.25) is 0 Å². The van der Waals surface area contributed by atoms with Gasteiger partial charge in [-0.15, -0.1) is 0 Å². The van der Waals surface area contributed by atoms with Gasteiger partial charge >= 0.3 is 0 Å². The van der Waals surface area contributed by atoms with Crippen LogP contribution in [-0.2, 0) is 6.54 Å². The Morgan fingerprint density at radius 3 is 2.83 bits per heavy atom. The summed E-state index contributed by atoms with van der Waals surface area (Å²) in [6, 6.07) is 3.22. The van der Waals surface area contributed by atoms with Crippen molar-refractivity contribution >= 4 is 0 Å². The van der Waals surface area contributed by atoms with Crippen LogP contribution in [-0.4, -0.2) is 35.6 Å². The number of nitrogens with zero attached hydrogens (tertiary/aromatic N) is 2. The van der Waals surface area contributed by atoms with Crippen LogP contribution in [0.25, 0.3) is 0 Å². The van der Waals surface area contributed by atoms with Gasteiger partial charge in [0.25, 0.3) is 0 Å². The minimum absolute atomic E-state index is 0.810. The topological polar surface area (TPSA) is 20.2 Å². The van der Waals surface area contributed by atoms with Crippen molar-refractivity contribution in [2.75, 3.05) is 26.2 Å². The van der Waals surface area contributed by atoms with Crippen LogP contribution >= 0.6 is 0 Å². The lowest BCUT2D eigenvalue weighted by Gasteiger charge is -2.19. The lowest BCUT2D eigenvalue weighted by molar-refractivity contribution is 0.283. The van der Waals surface area contributed by atoms with Gasteiger partial charge in [-0.25, -0.2) is 0 Å². The monoisotopic (exact) mass is 247 g/mol. The Hall–Kier alpha value is -0.800. The highest BCUT2D eigenvalue weighted by atomic mass is 15.2. The van der Waals surface area contributed by atoms with Crippen LogP contribution < -0.4 is 5.32 Å². The molecule has 1 aromatic heterocycles. The van der Waals surface area contributed by atoms with E-state index in [1.807, 2.05) is 0 Å². The van der Waals surface area contributed by atoms with Crippen LogP contribution in [0.2, 0.25) is 0 Å². The van der Waals surface area contributed by atoms with Crippen LogP contribution in [0.5, 0.6) is 0 Å². The van der Waals surface area contributed by atoms with Gasteiger partial charge in [0.1, 0.15) is 0 Å². The second-order valence-electron chi connectivity index (χ2n) is 5.88. The second kappa shape index (κ2) is 5.06. The van der Waals surface area contributed by atoms with Crippen molar-refractivity contribution in [2.24, 2.45) is 0 Å². The van der Waals surface area contributed by atoms with Crippen LogP contribution in [0.3, 0.4) is 0 Å². The first-order valence-electron chi connectivity index (χ1n) is 7.36. The Bertz CT molecular complexity index is 410. The molecule has 1 aliphatic heterocycles. The van der Waals surface area contributed by atoms with Gasteiger partial charge in [-0.2, -0.15) is 0 Å². The van der Waals surface area contributed by atoms with E-state index in [1.165, 1.54) is 50.3 Å². The molecular formula is C15H25N3. The molecule has 0 atom stereocenters. The average Bonchev–Trinajstić information content (AvgIpc) is 3.13. The summed E-state index contributed by atoms with van der Waals surface area (Å²) in [5.41, 5.74) is 4.51. The molecule has 3 nitrogen and oxygen atoms in total. The number of aryl methyl sites for hydroxylation is 1. The van der Waals surface area contributed by atoms with E-state index in [2.05, 4.69) is 34.7 Å². The molecule has 2 aliphatic rings. The maximum Gasteiger partial charge on any atom is 0.0337 e. The summed E-state index contributed by atoms with van der Waals surface area (Å²) in [4.78, 5) is 2.60.